The van der Waals surface area contributed by atoms with Crippen molar-refractivity contribution in [1.29, 1.82) is 0 Å². The number of aromatic nitrogens is 2. The topological polar surface area (TPSA) is 46.6 Å². The van der Waals surface area contributed by atoms with Crippen molar-refractivity contribution in [3.05, 3.63) is 29.2 Å². The maximum absolute atomic E-state index is 6.29. The average Bonchev–Trinajstić information content (AvgIpc) is 2.99. The Morgan fingerprint density at radius 3 is 2.78 bits per heavy atom. The second-order valence-corrected chi connectivity index (χ2v) is 5.31. The molecule has 1 aliphatic heterocycles. The minimum absolute atomic E-state index is 0.0371. The lowest BCUT2D eigenvalue weighted by atomic mass is 10.1. The zero-order valence-corrected chi connectivity index (χ0v) is 11.2. The van der Waals surface area contributed by atoms with Gasteiger partial charge in [0, 0.05) is 24.7 Å². The summed E-state index contributed by atoms with van der Waals surface area (Å²) in [5, 5.41) is 0.711. The van der Waals surface area contributed by atoms with Gasteiger partial charge in [0.05, 0.1) is 16.7 Å². The number of rotatable bonds is 2. The van der Waals surface area contributed by atoms with E-state index in [0.29, 0.717) is 5.02 Å². The van der Waals surface area contributed by atoms with Gasteiger partial charge in [-0.3, -0.25) is 4.40 Å². The Balaban J connectivity index is 2.27. The quantitative estimate of drug-likeness (QED) is 0.907. The second-order valence-electron chi connectivity index (χ2n) is 4.90. The fourth-order valence-electron chi connectivity index (χ4n) is 2.65. The van der Waals surface area contributed by atoms with Gasteiger partial charge in [-0.05, 0) is 25.8 Å². The van der Waals surface area contributed by atoms with E-state index >= 15 is 0 Å². The molecule has 1 atom stereocenters. The first kappa shape index (κ1) is 11.8. The number of halogens is 1. The summed E-state index contributed by atoms with van der Waals surface area (Å²) in [6.07, 6.45) is 6.09. The highest BCUT2D eigenvalue weighted by atomic mass is 35.5. The first-order chi connectivity index (χ1) is 8.68. The predicted octanol–water partition coefficient (Wildman–Crippen LogP) is 2.61. The molecule has 1 saturated heterocycles. The van der Waals surface area contributed by atoms with E-state index in [-0.39, 0.29) is 6.04 Å². The van der Waals surface area contributed by atoms with Crippen molar-refractivity contribution in [1.82, 2.24) is 9.38 Å². The van der Waals surface area contributed by atoms with E-state index in [1.165, 1.54) is 12.8 Å². The Labute approximate surface area is 111 Å². The zero-order valence-electron chi connectivity index (χ0n) is 10.4. The van der Waals surface area contributed by atoms with E-state index in [2.05, 4.69) is 14.3 Å². The third-order valence-corrected chi connectivity index (χ3v) is 3.85. The van der Waals surface area contributed by atoms with Crippen LogP contribution >= 0.6 is 11.6 Å². The molecule has 1 unspecified atom stereocenters. The maximum atomic E-state index is 6.29. The first-order valence-corrected chi connectivity index (χ1v) is 6.71. The van der Waals surface area contributed by atoms with Crippen LogP contribution in [0.3, 0.4) is 0 Å². The molecule has 1 aliphatic rings. The van der Waals surface area contributed by atoms with E-state index < -0.39 is 0 Å². The molecule has 0 aliphatic carbocycles. The monoisotopic (exact) mass is 264 g/mol. The standard InChI is InChI=1S/C13H17ClN4/c1-9(15)10-6-11(14)12-7-16-8-18(12)13(10)17-4-2-3-5-17/h6-9H,2-5,15H2,1H3. The largest absolute Gasteiger partial charge is 0.357 e. The Bertz CT molecular complexity index is 570. The minimum Gasteiger partial charge on any atom is -0.357 e. The number of pyridine rings is 1. The van der Waals surface area contributed by atoms with Gasteiger partial charge in [-0.15, -0.1) is 0 Å². The van der Waals surface area contributed by atoms with Crippen molar-refractivity contribution in [2.24, 2.45) is 5.73 Å². The fraction of sp³-hybridized carbons (Fsp3) is 0.462. The number of hydrogen-bond donors (Lipinski definition) is 1. The summed E-state index contributed by atoms with van der Waals surface area (Å²) in [6.45, 7) is 4.15. The number of imidazole rings is 1. The van der Waals surface area contributed by atoms with Crippen molar-refractivity contribution in [2.75, 3.05) is 18.0 Å². The highest BCUT2D eigenvalue weighted by Gasteiger charge is 2.21. The summed E-state index contributed by atoms with van der Waals surface area (Å²) in [4.78, 5) is 6.58. The molecule has 0 amide bonds. The first-order valence-electron chi connectivity index (χ1n) is 6.33. The molecule has 18 heavy (non-hydrogen) atoms. The molecular formula is C13H17ClN4. The minimum atomic E-state index is -0.0371. The molecule has 1 fully saturated rings. The summed E-state index contributed by atoms with van der Waals surface area (Å²) in [5.74, 6) is 1.15. The van der Waals surface area contributed by atoms with Crippen LogP contribution in [0.5, 0.6) is 0 Å². The fourth-order valence-corrected chi connectivity index (χ4v) is 2.91. The van der Waals surface area contributed by atoms with Crippen LogP contribution in [-0.2, 0) is 0 Å². The molecule has 96 valence electrons. The Morgan fingerprint density at radius 1 is 1.39 bits per heavy atom. The molecule has 0 spiro atoms. The van der Waals surface area contributed by atoms with Crippen LogP contribution in [0.1, 0.15) is 31.4 Å². The summed E-state index contributed by atoms with van der Waals surface area (Å²) in [6, 6.07) is 1.95. The Hall–Kier alpha value is -1.26. The number of anilines is 1. The van der Waals surface area contributed by atoms with Gasteiger partial charge in [-0.2, -0.15) is 0 Å². The molecule has 0 bridgehead atoms. The highest BCUT2D eigenvalue weighted by Crippen LogP contribution is 2.33. The van der Waals surface area contributed by atoms with Gasteiger partial charge in [-0.25, -0.2) is 4.98 Å². The maximum Gasteiger partial charge on any atom is 0.119 e. The number of hydrogen-bond acceptors (Lipinski definition) is 3. The molecule has 0 saturated carbocycles. The lowest BCUT2D eigenvalue weighted by molar-refractivity contribution is 0.788. The SMILES string of the molecule is CC(N)c1cc(Cl)c2cncn2c1N1CCCC1. The van der Waals surface area contributed by atoms with E-state index in [9.17, 15) is 0 Å². The van der Waals surface area contributed by atoms with E-state index in [4.69, 9.17) is 17.3 Å². The van der Waals surface area contributed by atoms with E-state index in [0.717, 1.165) is 30.0 Å². The van der Waals surface area contributed by atoms with E-state index in [1.54, 1.807) is 6.20 Å². The lowest BCUT2D eigenvalue weighted by Crippen LogP contribution is -2.24. The van der Waals surface area contributed by atoms with Crippen LogP contribution in [0, 0.1) is 0 Å². The van der Waals surface area contributed by atoms with Gasteiger partial charge < -0.3 is 10.6 Å². The second kappa shape index (κ2) is 4.44. The summed E-state index contributed by atoms with van der Waals surface area (Å²) in [5.41, 5.74) is 8.13. The van der Waals surface area contributed by atoms with Crippen molar-refractivity contribution in [2.45, 2.75) is 25.8 Å². The average molecular weight is 265 g/mol. The van der Waals surface area contributed by atoms with Crippen molar-refractivity contribution in [3.63, 3.8) is 0 Å². The third-order valence-electron chi connectivity index (χ3n) is 3.55. The van der Waals surface area contributed by atoms with Gasteiger partial charge >= 0.3 is 0 Å². The number of nitrogens with two attached hydrogens (primary N) is 1. The molecule has 2 aromatic rings. The predicted molar refractivity (Wildman–Crippen MR) is 74.3 cm³/mol. The van der Waals surface area contributed by atoms with Crippen molar-refractivity contribution < 1.29 is 0 Å². The van der Waals surface area contributed by atoms with Gasteiger partial charge in [0.1, 0.15) is 12.1 Å². The van der Waals surface area contributed by atoms with Crippen molar-refractivity contribution in [3.8, 4) is 0 Å². The molecule has 5 heteroatoms. The summed E-state index contributed by atoms with van der Waals surface area (Å²) < 4.78 is 2.06. The summed E-state index contributed by atoms with van der Waals surface area (Å²) in [7, 11) is 0. The van der Waals surface area contributed by atoms with Gasteiger partial charge in [-0.1, -0.05) is 11.6 Å². The van der Waals surface area contributed by atoms with Crippen molar-refractivity contribution >= 4 is 22.9 Å². The molecular weight excluding hydrogens is 248 g/mol. The van der Waals surface area contributed by atoms with Crippen LogP contribution in [-0.4, -0.2) is 22.5 Å². The van der Waals surface area contributed by atoms with Crippen LogP contribution in [0.25, 0.3) is 5.52 Å². The molecule has 0 aromatic carbocycles. The molecule has 0 radical (unpaired) electrons. The number of nitrogens with zero attached hydrogens (tertiary/aromatic N) is 3. The Morgan fingerprint density at radius 2 is 2.11 bits per heavy atom. The zero-order chi connectivity index (χ0) is 12.7. The van der Waals surface area contributed by atoms with Crippen LogP contribution in [0.4, 0.5) is 5.82 Å². The van der Waals surface area contributed by atoms with E-state index in [1.807, 2.05) is 19.3 Å². The normalized spacial score (nSPS) is 17.6. The molecule has 3 heterocycles. The molecule has 2 aromatic heterocycles. The van der Waals surface area contributed by atoms with Crippen LogP contribution in [0.15, 0.2) is 18.6 Å². The van der Waals surface area contributed by atoms with Gasteiger partial charge in [0.15, 0.2) is 0 Å². The smallest absolute Gasteiger partial charge is 0.119 e. The molecule has 4 nitrogen and oxygen atoms in total. The Kier molecular flexibility index (Phi) is 2.92. The molecule has 2 N–H and O–H groups in total. The summed E-state index contributed by atoms with van der Waals surface area (Å²) >= 11 is 6.29. The van der Waals surface area contributed by atoms with Gasteiger partial charge in [0.25, 0.3) is 0 Å². The molecule has 3 rings (SSSR count). The van der Waals surface area contributed by atoms with Crippen LogP contribution in [0.2, 0.25) is 5.02 Å². The highest BCUT2D eigenvalue weighted by molar-refractivity contribution is 6.34. The van der Waals surface area contributed by atoms with Gasteiger partial charge in [0.2, 0.25) is 0 Å². The van der Waals surface area contributed by atoms with Crippen LogP contribution < -0.4 is 10.6 Å². The number of fused-ring (bicyclic) bond motifs is 1. The lowest BCUT2D eigenvalue weighted by Gasteiger charge is -2.25. The third kappa shape index (κ3) is 1.76.